The molecule has 396 valence electrons. The number of nitrogens with zero attached hydrogens (tertiary/aromatic N) is 5. The third-order valence-corrected chi connectivity index (χ3v) is 16.9. The van der Waals surface area contributed by atoms with Gasteiger partial charge in [-0.05, 0) is 121 Å². The highest BCUT2D eigenvalue weighted by molar-refractivity contribution is 6.09. The van der Waals surface area contributed by atoms with Crippen LogP contribution in [0.15, 0.2) is 249 Å². The Kier molecular flexibility index (Phi) is 11.9. The van der Waals surface area contributed by atoms with Crippen LogP contribution in [0.4, 0.5) is 28.4 Å². The molecule has 0 saturated heterocycles. The van der Waals surface area contributed by atoms with Gasteiger partial charge in [0.1, 0.15) is 24.0 Å². The zero-order valence-corrected chi connectivity index (χ0v) is 47.0. The summed E-state index contributed by atoms with van der Waals surface area (Å²) in [5, 5.41) is 2.27. The van der Waals surface area contributed by atoms with Crippen molar-refractivity contribution in [2.45, 2.75) is 57.8 Å². The van der Waals surface area contributed by atoms with Crippen molar-refractivity contribution in [3.05, 3.63) is 294 Å². The van der Waals surface area contributed by atoms with Gasteiger partial charge in [-0.25, -0.2) is 9.83 Å². The zero-order chi connectivity index (χ0) is 55.9. The van der Waals surface area contributed by atoms with Crippen molar-refractivity contribution < 1.29 is 4.74 Å². The minimum atomic E-state index is -0.864. The Labute approximate surface area is 480 Å². The molecule has 6 heteroatoms. The molecule has 3 heterocycles. The first-order valence-corrected chi connectivity index (χ1v) is 28.3. The van der Waals surface area contributed by atoms with Gasteiger partial charge in [0.05, 0.1) is 40.1 Å². The van der Waals surface area contributed by atoms with Gasteiger partial charge >= 0.3 is 0 Å². The molecular weight excluding hydrogens is 999 g/mol. The molecule has 12 aromatic rings. The molecule has 1 aliphatic heterocycles. The van der Waals surface area contributed by atoms with Crippen molar-refractivity contribution in [2.75, 3.05) is 16.5 Å². The lowest BCUT2D eigenvalue weighted by Crippen LogP contribution is -2.30. The van der Waals surface area contributed by atoms with Crippen LogP contribution in [0.3, 0.4) is 0 Å². The quantitative estimate of drug-likeness (QED) is 0.135. The summed E-state index contributed by atoms with van der Waals surface area (Å²) in [6, 6.07) is 87.5. The molecule has 1 atom stereocenters. The summed E-state index contributed by atoms with van der Waals surface area (Å²) < 4.78 is 9.72. The van der Waals surface area contributed by atoms with E-state index in [-0.39, 0.29) is 10.8 Å². The van der Waals surface area contributed by atoms with Gasteiger partial charge in [0.25, 0.3) is 0 Å². The van der Waals surface area contributed by atoms with Crippen LogP contribution in [0.2, 0.25) is 0 Å². The Morgan fingerprint density at radius 2 is 1.09 bits per heavy atom. The van der Waals surface area contributed by atoms with Crippen LogP contribution in [0.1, 0.15) is 74.9 Å². The first kappa shape index (κ1) is 50.3. The standard InChI is InChI=1S/C76H61N5O/c1-74(2,3)52-33-35-53(36-34-52)76(66-29-16-14-25-62(66)63-39-37-56(77-7)46-67(63)76)55-43-57(47-59(44-55)82-58-38-40-65-64-26-15-17-30-68(64)81(71(65)48-58)72-45-54(41-42-78-72)75(4,5)6)79-49-80(70-32-19-18-31-69(70)79)73-60(50-21-10-8-11-22-50)27-20-28-61(73)51-23-12-9-13-24-51/h8-48H,49H2,1-6H3. The van der Waals surface area contributed by atoms with E-state index in [0.29, 0.717) is 23.9 Å². The van der Waals surface area contributed by atoms with Crippen molar-refractivity contribution in [2.24, 2.45) is 0 Å². The topological polar surface area (TPSA) is 37.9 Å². The fourth-order valence-corrected chi connectivity index (χ4v) is 12.9. The second-order valence-corrected chi connectivity index (χ2v) is 23.9. The average Bonchev–Trinajstić information content (AvgIpc) is 3.07. The van der Waals surface area contributed by atoms with Gasteiger partial charge in [0.15, 0.2) is 5.69 Å². The minimum Gasteiger partial charge on any atom is -0.457 e. The molecule has 0 fully saturated rings. The van der Waals surface area contributed by atoms with Crippen molar-refractivity contribution in [3.8, 4) is 50.7 Å². The molecule has 82 heavy (non-hydrogen) atoms. The Morgan fingerprint density at radius 1 is 0.463 bits per heavy atom. The summed E-state index contributed by atoms with van der Waals surface area (Å²) in [7, 11) is 0. The maximum atomic E-state index is 8.40. The lowest BCUT2D eigenvalue weighted by Gasteiger charge is -2.36. The van der Waals surface area contributed by atoms with E-state index in [9.17, 15) is 0 Å². The number of hydrogen-bond acceptors (Lipinski definition) is 4. The number of fused-ring (bicyclic) bond motifs is 7. The van der Waals surface area contributed by atoms with E-state index in [4.69, 9.17) is 16.3 Å². The van der Waals surface area contributed by atoms with Gasteiger partial charge in [-0.2, -0.15) is 0 Å². The molecule has 0 bridgehead atoms. The van der Waals surface area contributed by atoms with E-state index in [2.05, 4.69) is 297 Å². The molecular formula is C76H61N5O. The molecule has 1 aliphatic carbocycles. The Hall–Kier alpha value is -9.96. The largest absolute Gasteiger partial charge is 0.457 e. The fourth-order valence-electron chi connectivity index (χ4n) is 12.9. The summed E-state index contributed by atoms with van der Waals surface area (Å²) in [5.41, 5.74) is 19.6. The van der Waals surface area contributed by atoms with Gasteiger partial charge in [0.2, 0.25) is 0 Å². The van der Waals surface area contributed by atoms with E-state index in [0.717, 1.165) is 106 Å². The van der Waals surface area contributed by atoms with E-state index < -0.39 is 5.41 Å². The van der Waals surface area contributed by atoms with Gasteiger partial charge in [-0.1, -0.05) is 217 Å². The van der Waals surface area contributed by atoms with E-state index in [1.807, 2.05) is 12.3 Å². The monoisotopic (exact) mass is 1060 g/mol. The number of benzene rings is 10. The normalized spacial score (nSPS) is 14.6. The average molecular weight is 1060 g/mol. The number of hydrogen-bond donors (Lipinski definition) is 0. The number of aromatic nitrogens is 2. The number of ether oxygens (including phenoxy) is 1. The van der Waals surface area contributed by atoms with Gasteiger partial charge in [-0.3, -0.25) is 4.57 Å². The number of anilines is 4. The lowest BCUT2D eigenvalue weighted by molar-refractivity contribution is 0.482. The Balaban J connectivity index is 1.01. The van der Waals surface area contributed by atoms with Crippen LogP contribution in [0, 0.1) is 6.57 Å². The van der Waals surface area contributed by atoms with Crippen molar-refractivity contribution in [1.82, 2.24) is 9.55 Å². The first-order valence-electron chi connectivity index (χ1n) is 28.3. The van der Waals surface area contributed by atoms with Crippen molar-refractivity contribution in [3.63, 3.8) is 0 Å². The molecule has 10 aromatic carbocycles. The van der Waals surface area contributed by atoms with Gasteiger partial charge in [0, 0.05) is 45.9 Å². The number of rotatable bonds is 9. The molecule has 0 spiro atoms. The molecule has 0 saturated carbocycles. The van der Waals surface area contributed by atoms with Gasteiger partial charge in [-0.15, -0.1) is 0 Å². The van der Waals surface area contributed by atoms with Crippen molar-refractivity contribution >= 4 is 50.2 Å². The van der Waals surface area contributed by atoms with E-state index in [1.54, 1.807) is 0 Å². The van der Waals surface area contributed by atoms with Gasteiger partial charge < -0.3 is 14.5 Å². The van der Waals surface area contributed by atoms with Crippen LogP contribution in [0.25, 0.3) is 65.8 Å². The van der Waals surface area contributed by atoms with Crippen LogP contribution in [-0.2, 0) is 16.2 Å². The molecule has 1 unspecified atom stereocenters. The maximum Gasteiger partial charge on any atom is 0.187 e. The molecule has 14 rings (SSSR count). The summed E-state index contributed by atoms with van der Waals surface area (Å²) in [6.45, 7) is 22.4. The molecule has 2 aromatic heterocycles. The first-order chi connectivity index (χ1) is 39.9. The van der Waals surface area contributed by atoms with E-state index >= 15 is 0 Å². The van der Waals surface area contributed by atoms with Crippen LogP contribution < -0.4 is 14.5 Å². The third-order valence-electron chi connectivity index (χ3n) is 16.9. The molecule has 2 aliphatic rings. The molecule has 0 N–H and O–H groups in total. The highest BCUT2D eigenvalue weighted by atomic mass is 16.5. The second-order valence-electron chi connectivity index (χ2n) is 23.9. The predicted octanol–water partition coefficient (Wildman–Crippen LogP) is 20.1. The van der Waals surface area contributed by atoms with Crippen LogP contribution in [0.5, 0.6) is 11.5 Å². The highest BCUT2D eigenvalue weighted by Gasteiger charge is 2.47. The summed E-state index contributed by atoms with van der Waals surface area (Å²) >= 11 is 0. The zero-order valence-electron chi connectivity index (χ0n) is 47.0. The van der Waals surface area contributed by atoms with Crippen LogP contribution in [-0.4, -0.2) is 16.2 Å². The fraction of sp³-hybridized carbons (Fsp3) is 0.132. The minimum absolute atomic E-state index is 0.0673. The molecule has 6 nitrogen and oxygen atoms in total. The molecule has 0 radical (unpaired) electrons. The second kappa shape index (κ2) is 19.4. The summed E-state index contributed by atoms with van der Waals surface area (Å²) in [4.78, 5) is 14.0. The lowest BCUT2D eigenvalue weighted by atomic mass is 9.67. The van der Waals surface area contributed by atoms with E-state index in [1.165, 1.54) is 11.1 Å². The summed E-state index contributed by atoms with van der Waals surface area (Å²) in [6.07, 6.45) is 1.93. The predicted molar refractivity (Wildman–Crippen MR) is 339 cm³/mol. The number of pyridine rings is 1. The third kappa shape index (κ3) is 8.26. The Morgan fingerprint density at radius 3 is 1.79 bits per heavy atom. The maximum absolute atomic E-state index is 8.40. The van der Waals surface area contributed by atoms with Crippen LogP contribution >= 0.6 is 0 Å². The smallest absolute Gasteiger partial charge is 0.187 e. The Bertz CT molecular complexity index is 4440. The van der Waals surface area contributed by atoms with Crippen molar-refractivity contribution in [1.29, 1.82) is 0 Å². The highest BCUT2D eigenvalue weighted by Crippen LogP contribution is 2.59. The molecule has 0 amide bonds. The summed E-state index contributed by atoms with van der Waals surface area (Å²) in [5.74, 6) is 2.25. The SMILES string of the molecule is [C-]#[N+]c1ccc2c(c1)C(c1ccc(C(C)(C)C)cc1)(c1cc(Oc3ccc4c5ccccc5n(-c5cc(C(C)(C)C)ccn5)c4c3)cc(N3CN(c4c(-c5ccccc5)cccc4-c4ccccc4)c4ccccc43)c1)c1ccccc1-2. The number of para-hydroxylation sites is 4.